The lowest BCUT2D eigenvalue weighted by molar-refractivity contribution is 0.599. The van der Waals surface area contributed by atoms with Gasteiger partial charge in [-0.25, -0.2) is 4.98 Å². The molecule has 0 N–H and O–H groups in total. The molecular weight excluding hydrogens is 272 g/mol. The topological polar surface area (TPSA) is 25.2 Å². The van der Waals surface area contributed by atoms with Crippen molar-refractivity contribution in [3.63, 3.8) is 0 Å². The molecule has 0 aromatic carbocycles. The molecule has 1 aromatic heterocycles. The van der Waals surface area contributed by atoms with Crippen molar-refractivity contribution in [3.8, 4) is 0 Å². The molecule has 0 amide bonds. The van der Waals surface area contributed by atoms with Crippen LogP contribution in [-0.2, 0) is 6.42 Å². The molecule has 0 bridgehead atoms. The van der Waals surface area contributed by atoms with Gasteiger partial charge in [-0.2, -0.15) is 0 Å². The van der Waals surface area contributed by atoms with Gasteiger partial charge in [-0.15, -0.1) is 23.1 Å². The van der Waals surface area contributed by atoms with Crippen LogP contribution in [-0.4, -0.2) is 21.3 Å². The van der Waals surface area contributed by atoms with Crippen molar-refractivity contribution in [2.45, 2.75) is 59.4 Å². The lowest BCUT2D eigenvalue weighted by Gasteiger charge is -2.11. The summed E-state index contributed by atoms with van der Waals surface area (Å²) in [5.74, 6) is 2.17. The normalized spacial score (nSPS) is 19.8. The predicted octanol–water partition coefficient (Wildman–Crippen LogP) is 4.68. The summed E-state index contributed by atoms with van der Waals surface area (Å²) < 4.78 is 0. The van der Waals surface area contributed by atoms with E-state index in [-0.39, 0.29) is 5.54 Å². The molecule has 106 valence electrons. The molecule has 1 aliphatic rings. The van der Waals surface area contributed by atoms with Gasteiger partial charge < -0.3 is 0 Å². The fourth-order valence-corrected chi connectivity index (χ4v) is 4.56. The number of thiazole rings is 1. The lowest BCUT2D eigenvalue weighted by Crippen LogP contribution is -2.15. The van der Waals surface area contributed by atoms with Gasteiger partial charge in [0, 0.05) is 22.5 Å². The minimum Gasteiger partial charge on any atom is -0.276 e. The van der Waals surface area contributed by atoms with Crippen LogP contribution in [0.3, 0.4) is 0 Å². The first-order valence-electron chi connectivity index (χ1n) is 6.97. The van der Waals surface area contributed by atoms with Crippen molar-refractivity contribution in [3.05, 3.63) is 15.6 Å². The zero-order valence-corrected chi connectivity index (χ0v) is 14.4. The summed E-state index contributed by atoms with van der Waals surface area (Å²) in [4.78, 5) is 11.0. The summed E-state index contributed by atoms with van der Waals surface area (Å²) in [5.41, 5.74) is 1.34. The summed E-state index contributed by atoms with van der Waals surface area (Å²) in [6.07, 6.45) is 1.08. The highest BCUT2D eigenvalue weighted by atomic mass is 32.2. The van der Waals surface area contributed by atoms with E-state index < -0.39 is 0 Å². The molecule has 1 aromatic rings. The number of nitrogens with zero attached hydrogens (tertiary/aromatic N) is 2. The quantitative estimate of drug-likeness (QED) is 0.806. The first-order chi connectivity index (χ1) is 8.78. The Morgan fingerprint density at radius 3 is 2.42 bits per heavy atom. The second kappa shape index (κ2) is 5.57. The minimum atomic E-state index is 0.125. The van der Waals surface area contributed by atoms with Gasteiger partial charge in [0.05, 0.1) is 21.3 Å². The molecular formula is C15H24N2S2. The zero-order chi connectivity index (χ0) is 14.2. The smallest absolute Gasteiger partial charge is 0.0956 e. The van der Waals surface area contributed by atoms with Crippen molar-refractivity contribution < 1.29 is 0 Å². The molecule has 4 heteroatoms. The van der Waals surface area contributed by atoms with Gasteiger partial charge in [-0.05, 0) is 27.2 Å². The number of hydrogen-bond acceptors (Lipinski definition) is 4. The molecule has 0 spiro atoms. The van der Waals surface area contributed by atoms with Gasteiger partial charge in [-0.1, -0.05) is 20.8 Å². The van der Waals surface area contributed by atoms with Crippen LogP contribution in [0.1, 0.15) is 56.1 Å². The molecule has 1 unspecified atom stereocenters. The first-order valence-corrected chi connectivity index (χ1v) is 8.77. The molecule has 1 atom stereocenters. The van der Waals surface area contributed by atoms with Crippen molar-refractivity contribution in [2.75, 3.05) is 5.75 Å². The summed E-state index contributed by atoms with van der Waals surface area (Å²) in [6.45, 7) is 13.3. The van der Waals surface area contributed by atoms with E-state index >= 15 is 0 Å². The third kappa shape index (κ3) is 3.60. The van der Waals surface area contributed by atoms with Crippen molar-refractivity contribution >= 4 is 28.1 Å². The van der Waals surface area contributed by atoms with E-state index in [4.69, 9.17) is 9.98 Å². The molecule has 2 rings (SSSR count). The molecule has 1 aliphatic heterocycles. The largest absolute Gasteiger partial charge is 0.276 e. The van der Waals surface area contributed by atoms with Crippen LogP contribution in [0.25, 0.3) is 0 Å². The SMILES string of the molecule is Cc1nc(C(C)C)sc1CC(C)C1=NC(C)(C)CS1. The van der Waals surface area contributed by atoms with E-state index in [1.54, 1.807) is 0 Å². The third-order valence-corrected chi connectivity index (χ3v) is 6.42. The van der Waals surface area contributed by atoms with Crippen molar-refractivity contribution in [2.24, 2.45) is 10.9 Å². The molecule has 0 saturated heterocycles. The standard InChI is InChI=1S/C15H24N2S2/c1-9(2)13-16-11(4)12(19-13)7-10(3)14-17-15(5,6)8-18-14/h9-10H,7-8H2,1-6H3. The van der Waals surface area contributed by atoms with Crippen molar-refractivity contribution in [1.29, 1.82) is 0 Å². The van der Waals surface area contributed by atoms with Crippen LogP contribution in [0, 0.1) is 12.8 Å². The average Bonchev–Trinajstić information content (AvgIpc) is 2.83. The number of aryl methyl sites for hydroxylation is 1. The molecule has 0 saturated carbocycles. The summed E-state index contributed by atoms with van der Waals surface area (Å²) in [6, 6.07) is 0. The molecule has 2 heterocycles. The van der Waals surface area contributed by atoms with Crippen LogP contribution in [0.5, 0.6) is 0 Å². The number of hydrogen-bond donors (Lipinski definition) is 0. The fraction of sp³-hybridized carbons (Fsp3) is 0.733. The van der Waals surface area contributed by atoms with Crippen LogP contribution >= 0.6 is 23.1 Å². The number of aromatic nitrogens is 1. The Bertz CT molecular complexity index is 486. The van der Waals surface area contributed by atoms with Gasteiger partial charge in [0.15, 0.2) is 0 Å². The van der Waals surface area contributed by atoms with Crippen LogP contribution in [0.2, 0.25) is 0 Å². The second-order valence-corrected chi connectivity index (χ2v) is 8.48. The Labute approximate surface area is 125 Å². The van der Waals surface area contributed by atoms with Crippen LogP contribution in [0.4, 0.5) is 0 Å². The van der Waals surface area contributed by atoms with Crippen LogP contribution < -0.4 is 0 Å². The summed E-state index contributed by atoms with van der Waals surface area (Å²) in [7, 11) is 0. The van der Waals surface area contributed by atoms with E-state index in [9.17, 15) is 0 Å². The molecule has 0 aliphatic carbocycles. The predicted molar refractivity (Wildman–Crippen MR) is 87.8 cm³/mol. The van der Waals surface area contributed by atoms with Crippen LogP contribution in [0.15, 0.2) is 4.99 Å². The Morgan fingerprint density at radius 2 is 1.95 bits per heavy atom. The lowest BCUT2D eigenvalue weighted by atomic mass is 10.1. The maximum atomic E-state index is 4.85. The van der Waals surface area contributed by atoms with Gasteiger partial charge in [0.2, 0.25) is 0 Å². The second-order valence-electron chi connectivity index (χ2n) is 6.37. The number of rotatable bonds is 4. The highest BCUT2D eigenvalue weighted by Crippen LogP contribution is 2.33. The highest BCUT2D eigenvalue weighted by Gasteiger charge is 2.28. The Balaban J connectivity index is 2.09. The maximum absolute atomic E-state index is 4.85. The van der Waals surface area contributed by atoms with E-state index in [0.717, 1.165) is 12.2 Å². The molecule has 0 radical (unpaired) electrons. The summed E-state index contributed by atoms with van der Waals surface area (Å²) in [5, 5.41) is 2.59. The Hall–Kier alpha value is -0.350. The highest BCUT2D eigenvalue weighted by molar-refractivity contribution is 8.14. The van der Waals surface area contributed by atoms with Gasteiger partial charge >= 0.3 is 0 Å². The molecule has 19 heavy (non-hydrogen) atoms. The van der Waals surface area contributed by atoms with E-state index in [0.29, 0.717) is 11.8 Å². The summed E-state index contributed by atoms with van der Waals surface area (Å²) >= 11 is 3.81. The molecule has 0 fully saturated rings. The third-order valence-electron chi connectivity index (χ3n) is 3.30. The van der Waals surface area contributed by atoms with E-state index in [1.165, 1.54) is 20.6 Å². The molecule has 2 nitrogen and oxygen atoms in total. The van der Waals surface area contributed by atoms with Gasteiger partial charge in [-0.3, -0.25) is 4.99 Å². The van der Waals surface area contributed by atoms with Crippen molar-refractivity contribution in [1.82, 2.24) is 4.98 Å². The number of thioether (sulfide) groups is 1. The Morgan fingerprint density at radius 1 is 1.26 bits per heavy atom. The van der Waals surface area contributed by atoms with Gasteiger partial charge in [0.25, 0.3) is 0 Å². The first kappa shape index (κ1) is 15.0. The maximum Gasteiger partial charge on any atom is 0.0956 e. The van der Waals surface area contributed by atoms with E-state index in [2.05, 4.69) is 41.5 Å². The Kier molecular flexibility index (Phi) is 4.41. The average molecular weight is 297 g/mol. The monoisotopic (exact) mass is 296 g/mol. The minimum absolute atomic E-state index is 0.125. The number of aliphatic imine (C=N–C) groups is 1. The fourth-order valence-electron chi connectivity index (χ4n) is 2.12. The van der Waals surface area contributed by atoms with Gasteiger partial charge in [0.1, 0.15) is 0 Å². The zero-order valence-electron chi connectivity index (χ0n) is 12.8. The van der Waals surface area contributed by atoms with E-state index in [1.807, 2.05) is 23.1 Å².